The lowest BCUT2D eigenvalue weighted by Gasteiger charge is -2.26. The van der Waals surface area contributed by atoms with Crippen LogP contribution in [0.4, 0.5) is 8.78 Å². The molecule has 1 aliphatic rings. The second kappa shape index (κ2) is 3.76. The van der Waals surface area contributed by atoms with Crippen molar-refractivity contribution in [1.29, 1.82) is 0 Å². The summed E-state index contributed by atoms with van der Waals surface area (Å²) in [6, 6.07) is 0. The Bertz CT molecular complexity index is 329. The topological polar surface area (TPSA) is 43.1 Å². The van der Waals surface area contributed by atoms with Gasteiger partial charge in [-0.1, -0.05) is 22.9 Å². The summed E-state index contributed by atoms with van der Waals surface area (Å²) in [5, 5.41) is 10.7. The standard InChI is InChI=1S/C8H8BrF2NO2/c1-5-2-6(10)7(11)3-8(5,4-9)12(13)14/h2-3,5H,4H2,1H3. The van der Waals surface area contributed by atoms with Crippen molar-refractivity contribution in [2.75, 3.05) is 5.33 Å². The first-order valence-corrected chi connectivity index (χ1v) is 5.02. The lowest BCUT2D eigenvalue weighted by atomic mass is 9.83. The molecule has 6 heteroatoms. The third-order valence-corrected chi connectivity index (χ3v) is 3.24. The molecule has 0 bridgehead atoms. The molecule has 1 rings (SSSR count). The van der Waals surface area contributed by atoms with Crippen molar-refractivity contribution in [3.63, 3.8) is 0 Å². The number of allylic oxidation sites excluding steroid dienone is 2. The van der Waals surface area contributed by atoms with Crippen LogP contribution in [-0.2, 0) is 0 Å². The van der Waals surface area contributed by atoms with Crippen LogP contribution in [0.2, 0.25) is 0 Å². The molecule has 0 N–H and O–H groups in total. The van der Waals surface area contributed by atoms with Crippen LogP contribution in [0.25, 0.3) is 0 Å². The normalized spacial score (nSPS) is 32.1. The van der Waals surface area contributed by atoms with E-state index in [0.29, 0.717) is 0 Å². The second-order valence-corrected chi connectivity index (χ2v) is 3.74. The van der Waals surface area contributed by atoms with Gasteiger partial charge in [-0.3, -0.25) is 10.1 Å². The minimum absolute atomic E-state index is 0.0502. The van der Waals surface area contributed by atoms with Gasteiger partial charge in [0.15, 0.2) is 11.7 Å². The molecule has 2 unspecified atom stereocenters. The maximum atomic E-state index is 12.9. The van der Waals surface area contributed by atoms with Gasteiger partial charge in [-0.25, -0.2) is 8.78 Å². The highest BCUT2D eigenvalue weighted by atomic mass is 79.9. The first-order chi connectivity index (χ1) is 6.44. The van der Waals surface area contributed by atoms with E-state index in [9.17, 15) is 18.9 Å². The van der Waals surface area contributed by atoms with Gasteiger partial charge in [0.05, 0.1) is 11.2 Å². The molecule has 0 radical (unpaired) electrons. The molecule has 0 aromatic rings. The van der Waals surface area contributed by atoms with Gasteiger partial charge in [-0.15, -0.1) is 0 Å². The quantitative estimate of drug-likeness (QED) is 0.439. The summed E-state index contributed by atoms with van der Waals surface area (Å²) >= 11 is 2.95. The Balaban J connectivity index is 3.19. The molecular formula is C8H8BrF2NO2. The molecule has 1 aliphatic carbocycles. The van der Waals surface area contributed by atoms with E-state index in [1.54, 1.807) is 0 Å². The van der Waals surface area contributed by atoms with Crippen molar-refractivity contribution >= 4 is 15.9 Å². The molecule has 0 saturated carbocycles. The molecule has 0 amide bonds. The summed E-state index contributed by atoms with van der Waals surface area (Å²) in [4.78, 5) is 10.2. The van der Waals surface area contributed by atoms with Crippen LogP contribution in [0.15, 0.2) is 23.8 Å². The zero-order chi connectivity index (χ0) is 10.9. The molecule has 0 heterocycles. The van der Waals surface area contributed by atoms with Crippen LogP contribution in [-0.4, -0.2) is 15.8 Å². The molecule has 2 atom stereocenters. The molecule has 14 heavy (non-hydrogen) atoms. The molecule has 0 aromatic carbocycles. The Kier molecular flexibility index (Phi) is 3.04. The molecule has 3 nitrogen and oxygen atoms in total. The second-order valence-electron chi connectivity index (χ2n) is 3.18. The lowest BCUT2D eigenvalue weighted by Crippen LogP contribution is -2.45. The van der Waals surface area contributed by atoms with E-state index < -0.39 is 28.0 Å². The van der Waals surface area contributed by atoms with E-state index in [2.05, 4.69) is 15.9 Å². The number of hydrogen-bond donors (Lipinski definition) is 0. The van der Waals surface area contributed by atoms with Crippen LogP contribution in [0, 0.1) is 16.0 Å². The zero-order valence-electron chi connectivity index (χ0n) is 7.34. The van der Waals surface area contributed by atoms with Gasteiger partial charge >= 0.3 is 0 Å². The molecule has 0 saturated heterocycles. The number of alkyl halides is 1. The third kappa shape index (κ3) is 1.58. The van der Waals surface area contributed by atoms with Crippen molar-refractivity contribution in [3.05, 3.63) is 33.9 Å². The van der Waals surface area contributed by atoms with E-state index in [4.69, 9.17) is 0 Å². The Labute approximate surface area is 87.8 Å². The predicted octanol–water partition coefficient (Wildman–Crippen LogP) is 2.75. The summed E-state index contributed by atoms with van der Waals surface area (Å²) in [5.41, 5.74) is -1.58. The smallest absolute Gasteiger partial charge is 0.259 e. The monoisotopic (exact) mass is 267 g/mol. The number of rotatable bonds is 2. The maximum Gasteiger partial charge on any atom is 0.259 e. The predicted molar refractivity (Wildman–Crippen MR) is 51.1 cm³/mol. The van der Waals surface area contributed by atoms with Crippen molar-refractivity contribution in [2.45, 2.75) is 12.5 Å². The van der Waals surface area contributed by atoms with Gasteiger partial charge in [-0.2, -0.15) is 0 Å². The van der Waals surface area contributed by atoms with Gasteiger partial charge < -0.3 is 0 Å². The van der Waals surface area contributed by atoms with Gasteiger partial charge in [0, 0.05) is 11.0 Å². The van der Waals surface area contributed by atoms with E-state index in [0.717, 1.165) is 12.2 Å². The Morgan fingerprint density at radius 3 is 2.64 bits per heavy atom. The van der Waals surface area contributed by atoms with Gasteiger partial charge in [-0.05, 0) is 6.08 Å². The first kappa shape index (κ1) is 11.3. The Hall–Kier alpha value is -0.780. The van der Waals surface area contributed by atoms with Crippen LogP contribution >= 0.6 is 15.9 Å². The van der Waals surface area contributed by atoms with E-state index >= 15 is 0 Å². The Morgan fingerprint density at radius 2 is 2.21 bits per heavy atom. The molecule has 0 spiro atoms. The maximum absolute atomic E-state index is 12.9. The fourth-order valence-electron chi connectivity index (χ4n) is 1.29. The summed E-state index contributed by atoms with van der Waals surface area (Å²) in [6.07, 6.45) is 1.65. The van der Waals surface area contributed by atoms with Crippen LogP contribution in [0.1, 0.15) is 6.92 Å². The fraction of sp³-hybridized carbons (Fsp3) is 0.500. The Morgan fingerprint density at radius 1 is 1.64 bits per heavy atom. The van der Waals surface area contributed by atoms with Crippen molar-refractivity contribution in [1.82, 2.24) is 0 Å². The molecule has 0 aliphatic heterocycles. The average molecular weight is 268 g/mol. The molecule has 78 valence electrons. The highest BCUT2D eigenvalue weighted by Gasteiger charge is 2.48. The number of hydrogen-bond acceptors (Lipinski definition) is 2. The van der Waals surface area contributed by atoms with Gasteiger partial charge in [0.25, 0.3) is 5.54 Å². The molecule has 0 fully saturated rings. The fourth-order valence-corrected chi connectivity index (χ4v) is 2.17. The highest BCUT2D eigenvalue weighted by Crippen LogP contribution is 2.35. The van der Waals surface area contributed by atoms with E-state index in [1.165, 1.54) is 6.92 Å². The van der Waals surface area contributed by atoms with Crippen LogP contribution in [0.5, 0.6) is 0 Å². The van der Waals surface area contributed by atoms with Crippen molar-refractivity contribution in [2.24, 2.45) is 5.92 Å². The summed E-state index contributed by atoms with van der Waals surface area (Å²) in [7, 11) is 0. The average Bonchev–Trinajstić information content (AvgIpc) is 2.11. The minimum Gasteiger partial charge on any atom is -0.264 e. The van der Waals surface area contributed by atoms with E-state index in [1.807, 2.05) is 0 Å². The number of halogens is 3. The first-order valence-electron chi connectivity index (χ1n) is 3.90. The molecule has 0 aromatic heterocycles. The highest BCUT2D eigenvalue weighted by molar-refractivity contribution is 9.09. The van der Waals surface area contributed by atoms with Gasteiger partial charge in [0.2, 0.25) is 0 Å². The largest absolute Gasteiger partial charge is 0.264 e. The van der Waals surface area contributed by atoms with Crippen LogP contribution < -0.4 is 0 Å². The summed E-state index contributed by atoms with van der Waals surface area (Å²) < 4.78 is 25.6. The third-order valence-electron chi connectivity index (χ3n) is 2.34. The zero-order valence-corrected chi connectivity index (χ0v) is 8.92. The van der Waals surface area contributed by atoms with Crippen LogP contribution in [0.3, 0.4) is 0 Å². The van der Waals surface area contributed by atoms with Crippen molar-refractivity contribution in [3.8, 4) is 0 Å². The number of nitrogens with zero attached hydrogens (tertiary/aromatic N) is 1. The SMILES string of the molecule is CC1C=C(F)C(F)=CC1(CBr)[N+](=O)[O-]. The summed E-state index contributed by atoms with van der Waals surface area (Å²) in [5.74, 6) is -2.88. The minimum atomic E-state index is -1.58. The molecular weight excluding hydrogens is 260 g/mol. The van der Waals surface area contributed by atoms with Gasteiger partial charge in [0.1, 0.15) is 0 Å². The lowest BCUT2D eigenvalue weighted by molar-refractivity contribution is -0.556. The summed E-state index contributed by atoms with van der Waals surface area (Å²) in [6.45, 7) is 1.48. The van der Waals surface area contributed by atoms with E-state index in [-0.39, 0.29) is 5.33 Å². The van der Waals surface area contributed by atoms with Crippen molar-refractivity contribution < 1.29 is 13.7 Å². The number of nitro groups is 1.